The molecule has 22 heavy (non-hydrogen) atoms. The lowest BCUT2D eigenvalue weighted by molar-refractivity contribution is -0.117. The molecule has 1 N–H and O–H groups in total. The monoisotopic (exact) mass is 302 g/mol. The Labute approximate surface area is 129 Å². The van der Waals surface area contributed by atoms with E-state index in [2.05, 4.69) is 5.32 Å². The molecule has 0 aliphatic carbocycles. The quantitative estimate of drug-likeness (QED) is 0.892. The molecule has 0 heterocycles. The minimum atomic E-state index is -0.262. The number of benzene rings is 2. The molecule has 5 heteroatoms. The second kappa shape index (κ2) is 7.56. The molecule has 0 spiro atoms. The Balaban J connectivity index is 1.90. The van der Waals surface area contributed by atoms with Crippen molar-refractivity contribution in [1.82, 2.24) is 4.90 Å². The molecule has 0 atom stereocenters. The van der Waals surface area contributed by atoms with E-state index < -0.39 is 0 Å². The van der Waals surface area contributed by atoms with Crippen LogP contribution in [0, 0.1) is 5.82 Å². The lowest BCUT2D eigenvalue weighted by atomic mass is 10.2. The van der Waals surface area contributed by atoms with Crippen LogP contribution in [0.5, 0.6) is 5.75 Å². The van der Waals surface area contributed by atoms with Crippen molar-refractivity contribution < 1.29 is 13.9 Å². The molecule has 0 radical (unpaired) electrons. The van der Waals surface area contributed by atoms with E-state index in [4.69, 9.17) is 4.74 Å². The second-order valence-corrected chi connectivity index (χ2v) is 5.04. The summed E-state index contributed by atoms with van der Waals surface area (Å²) in [6, 6.07) is 13.7. The zero-order valence-corrected chi connectivity index (χ0v) is 12.7. The number of likely N-dealkylation sites (N-methyl/N-ethyl adjacent to an activating group) is 1. The van der Waals surface area contributed by atoms with Crippen molar-refractivity contribution in [2.75, 3.05) is 26.0 Å². The largest absolute Gasteiger partial charge is 0.497 e. The first-order valence-electron chi connectivity index (χ1n) is 6.94. The first-order valence-corrected chi connectivity index (χ1v) is 6.94. The highest BCUT2D eigenvalue weighted by molar-refractivity contribution is 5.92. The summed E-state index contributed by atoms with van der Waals surface area (Å²) in [5, 5.41) is 2.79. The van der Waals surface area contributed by atoms with Gasteiger partial charge in [-0.2, -0.15) is 0 Å². The number of hydrogen-bond acceptors (Lipinski definition) is 3. The van der Waals surface area contributed by atoms with Crippen LogP contribution in [-0.2, 0) is 11.3 Å². The van der Waals surface area contributed by atoms with Gasteiger partial charge in [0.15, 0.2) is 0 Å². The molecule has 1 amide bonds. The molecule has 0 bridgehead atoms. The smallest absolute Gasteiger partial charge is 0.238 e. The lowest BCUT2D eigenvalue weighted by Gasteiger charge is -2.17. The average Bonchev–Trinajstić information content (AvgIpc) is 2.49. The Bertz CT molecular complexity index is 646. The highest BCUT2D eigenvalue weighted by Gasteiger charge is 2.10. The number of halogens is 1. The summed E-state index contributed by atoms with van der Waals surface area (Å²) in [5.74, 6) is 0.257. The SMILES string of the molecule is COc1cccc(NC(=O)CN(C)Cc2ccccc2F)c1. The first kappa shape index (κ1) is 16.0. The van der Waals surface area contributed by atoms with Gasteiger partial charge in [0.1, 0.15) is 11.6 Å². The Morgan fingerprint density at radius 1 is 1.23 bits per heavy atom. The fraction of sp³-hybridized carbons (Fsp3) is 0.235. The Hall–Kier alpha value is -2.40. The zero-order chi connectivity index (χ0) is 15.9. The molecule has 2 aromatic rings. The molecule has 2 rings (SSSR count). The summed E-state index contributed by atoms with van der Waals surface area (Å²) in [6.07, 6.45) is 0. The molecule has 0 unspecified atom stereocenters. The van der Waals surface area contributed by atoms with E-state index in [-0.39, 0.29) is 18.3 Å². The molecule has 4 nitrogen and oxygen atoms in total. The topological polar surface area (TPSA) is 41.6 Å². The number of ether oxygens (including phenoxy) is 1. The maximum atomic E-state index is 13.6. The van der Waals surface area contributed by atoms with Crippen LogP contribution in [0.3, 0.4) is 0 Å². The van der Waals surface area contributed by atoms with Gasteiger partial charge in [-0.3, -0.25) is 9.69 Å². The van der Waals surface area contributed by atoms with Crippen LogP contribution < -0.4 is 10.1 Å². The number of nitrogens with zero attached hydrogens (tertiary/aromatic N) is 1. The fourth-order valence-corrected chi connectivity index (χ4v) is 2.12. The minimum absolute atomic E-state index is 0.160. The highest BCUT2D eigenvalue weighted by Crippen LogP contribution is 2.16. The van der Waals surface area contributed by atoms with Crippen molar-refractivity contribution >= 4 is 11.6 Å². The number of anilines is 1. The van der Waals surface area contributed by atoms with Gasteiger partial charge in [-0.05, 0) is 25.2 Å². The number of methoxy groups -OCH3 is 1. The average molecular weight is 302 g/mol. The van der Waals surface area contributed by atoms with E-state index in [1.807, 2.05) is 0 Å². The summed E-state index contributed by atoms with van der Waals surface area (Å²) in [6.45, 7) is 0.545. The fourth-order valence-electron chi connectivity index (χ4n) is 2.12. The van der Waals surface area contributed by atoms with Crippen LogP contribution in [0.4, 0.5) is 10.1 Å². The van der Waals surface area contributed by atoms with E-state index in [1.54, 1.807) is 61.5 Å². The van der Waals surface area contributed by atoms with Crippen molar-refractivity contribution in [2.45, 2.75) is 6.54 Å². The molecule has 0 fully saturated rings. The van der Waals surface area contributed by atoms with Crippen LogP contribution in [0.15, 0.2) is 48.5 Å². The maximum Gasteiger partial charge on any atom is 0.238 e. The molecule has 0 aromatic heterocycles. The molecule has 0 saturated heterocycles. The standard InChI is InChI=1S/C17H19FN2O2/c1-20(11-13-6-3-4-9-16(13)18)12-17(21)19-14-7-5-8-15(10-14)22-2/h3-10H,11-12H2,1-2H3,(H,19,21). The molecule has 0 aliphatic heterocycles. The molecule has 0 aliphatic rings. The van der Waals surface area contributed by atoms with E-state index in [9.17, 15) is 9.18 Å². The van der Waals surface area contributed by atoms with Crippen LogP contribution in [-0.4, -0.2) is 31.5 Å². The van der Waals surface area contributed by atoms with E-state index in [0.717, 1.165) is 0 Å². The second-order valence-electron chi connectivity index (χ2n) is 5.04. The predicted octanol–water partition coefficient (Wildman–Crippen LogP) is 2.90. The zero-order valence-electron chi connectivity index (χ0n) is 12.7. The van der Waals surface area contributed by atoms with Crippen LogP contribution >= 0.6 is 0 Å². The van der Waals surface area contributed by atoms with Gasteiger partial charge in [0, 0.05) is 23.9 Å². The van der Waals surface area contributed by atoms with Crippen LogP contribution in [0.2, 0.25) is 0 Å². The third kappa shape index (κ3) is 4.56. The van der Waals surface area contributed by atoms with Gasteiger partial charge < -0.3 is 10.1 Å². The summed E-state index contributed by atoms with van der Waals surface area (Å²) < 4.78 is 18.7. The summed E-state index contributed by atoms with van der Waals surface area (Å²) in [4.78, 5) is 13.8. The molecule has 2 aromatic carbocycles. The van der Waals surface area contributed by atoms with Crippen molar-refractivity contribution in [2.24, 2.45) is 0 Å². The summed E-state index contributed by atoms with van der Waals surface area (Å²) in [5.41, 5.74) is 1.24. The van der Waals surface area contributed by atoms with Crippen molar-refractivity contribution in [3.63, 3.8) is 0 Å². The minimum Gasteiger partial charge on any atom is -0.497 e. The van der Waals surface area contributed by atoms with Crippen LogP contribution in [0.25, 0.3) is 0 Å². The molecular formula is C17H19FN2O2. The lowest BCUT2D eigenvalue weighted by Crippen LogP contribution is -2.30. The number of carbonyl (C=O) groups excluding carboxylic acids is 1. The third-order valence-corrected chi connectivity index (χ3v) is 3.17. The third-order valence-electron chi connectivity index (χ3n) is 3.17. The van der Waals surface area contributed by atoms with Crippen molar-refractivity contribution in [3.8, 4) is 5.75 Å². The van der Waals surface area contributed by atoms with Gasteiger partial charge in [0.25, 0.3) is 0 Å². The van der Waals surface area contributed by atoms with Gasteiger partial charge in [0.05, 0.1) is 13.7 Å². The maximum absolute atomic E-state index is 13.6. The first-order chi connectivity index (χ1) is 10.6. The van der Waals surface area contributed by atoms with E-state index in [0.29, 0.717) is 23.5 Å². The Morgan fingerprint density at radius 3 is 2.73 bits per heavy atom. The van der Waals surface area contributed by atoms with E-state index >= 15 is 0 Å². The highest BCUT2D eigenvalue weighted by atomic mass is 19.1. The van der Waals surface area contributed by atoms with Gasteiger partial charge in [-0.1, -0.05) is 24.3 Å². The van der Waals surface area contributed by atoms with Crippen molar-refractivity contribution in [1.29, 1.82) is 0 Å². The molecule has 116 valence electrons. The van der Waals surface area contributed by atoms with Gasteiger partial charge in [-0.15, -0.1) is 0 Å². The van der Waals surface area contributed by atoms with E-state index in [1.165, 1.54) is 6.07 Å². The molecular weight excluding hydrogens is 283 g/mol. The Morgan fingerprint density at radius 2 is 2.00 bits per heavy atom. The number of carbonyl (C=O) groups is 1. The predicted molar refractivity (Wildman–Crippen MR) is 84.4 cm³/mol. The number of rotatable bonds is 6. The number of hydrogen-bond donors (Lipinski definition) is 1. The normalized spacial score (nSPS) is 10.5. The van der Waals surface area contributed by atoms with Gasteiger partial charge in [-0.25, -0.2) is 4.39 Å². The number of nitrogens with one attached hydrogen (secondary N) is 1. The van der Waals surface area contributed by atoms with Gasteiger partial charge >= 0.3 is 0 Å². The summed E-state index contributed by atoms with van der Waals surface area (Å²) in [7, 11) is 3.35. The summed E-state index contributed by atoms with van der Waals surface area (Å²) >= 11 is 0. The Kier molecular flexibility index (Phi) is 5.49. The van der Waals surface area contributed by atoms with Crippen molar-refractivity contribution in [3.05, 3.63) is 59.9 Å². The van der Waals surface area contributed by atoms with Gasteiger partial charge in [0.2, 0.25) is 5.91 Å². The van der Waals surface area contributed by atoms with Crippen LogP contribution in [0.1, 0.15) is 5.56 Å². The number of amides is 1. The molecule has 0 saturated carbocycles.